The number of thioether (sulfide) groups is 1. The van der Waals surface area contributed by atoms with Gasteiger partial charge in [0.25, 0.3) is 0 Å². The molecule has 0 spiro atoms. The van der Waals surface area contributed by atoms with Gasteiger partial charge in [0.15, 0.2) is 5.16 Å². The number of halogens is 1. The zero-order valence-corrected chi connectivity index (χ0v) is 15.7. The number of thiophene rings is 1. The highest BCUT2D eigenvalue weighted by atomic mass is 35.5. The highest BCUT2D eigenvalue weighted by molar-refractivity contribution is 8.00. The highest BCUT2D eigenvalue weighted by Gasteiger charge is 2.18. The fraction of sp³-hybridized carbons (Fsp3) is 0.235. The van der Waals surface area contributed by atoms with Crippen LogP contribution in [0.5, 0.6) is 0 Å². The van der Waals surface area contributed by atoms with E-state index in [1.54, 1.807) is 6.92 Å². The van der Waals surface area contributed by atoms with Crippen LogP contribution in [0, 0.1) is 13.8 Å². The second-order valence-corrected chi connectivity index (χ2v) is 8.05. The third-order valence-corrected chi connectivity index (χ3v) is 5.91. The van der Waals surface area contributed by atoms with Crippen LogP contribution in [0.3, 0.4) is 0 Å². The number of nitrogens with zero attached hydrogens (tertiary/aromatic N) is 2. The molecule has 0 aliphatic heterocycles. The molecule has 0 amide bonds. The van der Waals surface area contributed by atoms with Crippen LogP contribution >= 0.6 is 34.7 Å². The average molecular weight is 379 g/mol. The van der Waals surface area contributed by atoms with Crippen molar-refractivity contribution in [1.29, 1.82) is 0 Å². The van der Waals surface area contributed by atoms with Crippen LogP contribution in [-0.2, 0) is 4.79 Å². The minimum atomic E-state index is -0.901. The predicted octanol–water partition coefficient (Wildman–Crippen LogP) is 5.19. The molecule has 3 rings (SSSR count). The molecule has 7 heteroatoms. The highest BCUT2D eigenvalue weighted by Crippen LogP contribution is 2.38. The van der Waals surface area contributed by atoms with Crippen molar-refractivity contribution < 1.29 is 9.90 Å². The van der Waals surface area contributed by atoms with Crippen molar-refractivity contribution in [3.63, 3.8) is 0 Å². The van der Waals surface area contributed by atoms with E-state index in [4.69, 9.17) is 16.7 Å². The van der Waals surface area contributed by atoms with Crippen LogP contribution in [-0.4, -0.2) is 26.3 Å². The number of aromatic nitrogens is 2. The minimum absolute atomic E-state index is 0.356. The Morgan fingerprint density at radius 1 is 1.29 bits per heavy atom. The van der Waals surface area contributed by atoms with E-state index in [0.717, 1.165) is 33.1 Å². The first-order valence-electron chi connectivity index (χ1n) is 7.28. The number of aliphatic carboxylic acids is 1. The number of hydrogen-bond donors (Lipinski definition) is 1. The smallest absolute Gasteiger partial charge is 0.316 e. The summed E-state index contributed by atoms with van der Waals surface area (Å²) >= 11 is 8.96. The van der Waals surface area contributed by atoms with Gasteiger partial charge in [0.2, 0.25) is 0 Å². The number of aryl methyl sites for hydroxylation is 2. The number of fused-ring (bicyclic) bond motifs is 1. The Bertz CT molecular complexity index is 940. The molecule has 3 aromatic rings. The number of hydrogen-bond acceptors (Lipinski definition) is 5. The van der Waals surface area contributed by atoms with Crippen LogP contribution in [0.1, 0.15) is 18.1 Å². The molecule has 0 bridgehead atoms. The van der Waals surface area contributed by atoms with Crippen molar-refractivity contribution in [3.05, 3.63) is 39.9 Å². The third kappa shape index (κ3) is 3.27. The average Bonchev–Trinajstić information content (AvgIpc) is 2.94. The molecule has 0 fully saturated rings. The van der Waals surface area contributed by atoms with E-state index < -0.39 is 11.2 Å². The molecular formula is C17H15ClN2O2S2. The van der Waals surface area contributed by atoms with Gasteiger partial charge in [-0.1, -0.05) is 41.6 Å². The van der Waals surface area contributed by atoms with E-state index in [1.807, 2.05) is 5.38 Å². The van der Waals surface area contributed by atoms with Gasteiger partial charge < -0.3 is 5.11 Å². The lowest BCUT2D eigenvalue weighted by atomic mass is 10.0. The summed E-state index contributed by atoms with van der Waals surface area (Å²) < 4.78 is 0. The minimum Gasteiger partial charge on any atom is -0.480 e. The summed E-state index contributed by atoms with van der Waals surface area (Å²) in [5.74, 6) is -0.901. The second kappa shape index (κ2) is 6.70. The summed E-state index contributed by atoms with van der Waals surface area (Å²) in [5.41, 5.74) is 4.54. The largest absolute Gasteiger partial charge is 0.480 e. The van der Waals surface area contributed by atoms with E-state index in [2.05, 4.69) is 42.0 Å². The number of rotatable bonds is 4. The maximum Gasteiger partial charge on any atom is 0.316 e. The molecule has 0 radical (unpaired) electrons. The number of carboxylic acids is 1. The normalized spacial score (nSPS) is 12.5. The zero-order chi connectivity index (χ0) is 17.4. The monoisotopic (exact) mass is 378 g/mol. The number of carbonyl (C=O) groups is 1. The molecule has 1 N–H and O–H groups in total. The molecule has 1 unspecified atom stereocenters. The van der Waals surface area contributed by atoms with Crippen molar-refractivity contribution in [2.75, 3.05) is 0 Å². The Kier molecular flexibility index (Phi) is 4.80. The lowest BCUT2D eigenvalue weighted by molar-refractivity contribution is -0.136. The van der Waals surface area contributed by atoms with Crippen molar-refractivity contribution >= 4 is 50.9 Å². The molecule has 24 heavy (non-hydrogen) atoms. The molecular weight excluding hydrogens is 364 g/mol. The van der Waals surface area contributed by atoms with Gasteiger partial charge in [-0.05, 0) is 37.5 Å². The fourth-order valence-corrected chi connectivity index (χ4v) is 4.35. The van der Waals surface area contributed by atoms with Gasteiger partial charge in [0.1, 0.15) is 15.2 Å². The quantitative estimate of drug-likeness (QED) is 0.384. The first kappa shape index (κ1) is 17.2. The molecule has 0 aliphatic rings. The molecule has 0 saturated carbocycles. The summed E-state index contributed by atoms with van der Waals surface area (Å²) in [5, 5.41) is 12.0. The van der Waals surface area contributed by atoms with Crippen LogP contribution in [0.15, 0.2) is 28.7 Å². The standard InChI is InChI=1S/C17H15ClN2O2S2/c1-8-4-5-11(6-9(8)2)12-7-23-15-13(12)14(18)19-17(20-15)24-10(3)16(21)22/h4-7,10H,1-3H3,(H,21,22). The topological polar surface area (TPSA) is 63.1 Å². The second-order valence-electron chi connectivity index (χ2n) is 5.52. The maximum absolute atomic E-state index is 11.0. The van der Waals surface area contributed by atoms with E-state index >= 15 is 0 Å². The van der Waals surface area contributed by atoms with E-state index in [0.29, 0.717) is 10.3 Å². The Morgan fingerprint density at radius 3 is 2.71 bits per heavy atom. The lowest BCUT2D eigenvalue weighted by Crippen LogP contribution is -2.11. The first-order chi connectivity index (χ1) is 11.4. The lowest BCUT2D eigenvalue weighted by Gasteiger charge is -2.07. The van der Waals surface area contributed by atoms with Crippen LogP contribution < -0.4 is 0 Å². The first-order valence-corrected chi connectivity index (χ1v) is 9.42. The van der Waals surface area contributed by atoms with Gasteiger partial charge in [-0.2, -0.15) is 0 Å². The van der Waals surface area contributed by atoms with Gasteiger partial charge in [0, 0.05) is 10.9 Å². The zero-order valence-electron chi connectivity index (χ0n) is 13.3. The molecule has 0 aliphatic carbocycles. The van der Waals surface area contributed by atoms with Crippen molar-refractivity contribution in [1.82, 2.24) is 9.97 Å². The van der Waals surface area contributed by atoms with E-state index in [-0.39, 0.29) is 0 Å². The number of carboxylic acid groups (broad SMARTS) is 1. The van der Waals surface area contributed by atoms with Gasteiger partial charge in [0.05, 0.1) is 5.39 Å². The Morgan fingerprint density at radius 2 is 2.04 bits per heavy atom. The van der Waals surface area contributed by atoms with Crippen LogP contribution in [0.25, 0.3) is 21.3 Å². The summed E-state index contributed by atoms with van der Waals surface area (Å²) in [6.07, 6.45) is 0. The molecule has 4 nitrogen and oxygen atoms in total. The Hall–Kier alpha value is -1.63. The predicted molar refractivity (Wildman–Crippen MR) is 100 cm³/mol. The van der Waals surface area contributed by atoms with Crippen LogP contribution in [0.2, 0.25) is 5.15 Å². The summed E-state index contributed by atoms with van der Waals surface area (Å²) in [7, 11) is 0. The molecule has 2 heterocycles. The third-order valence-electron chi connectivity index (χ3n) is 3.82. The van der Waals surface area contributed by atoms with Gasteiger partial charge in [-0.25, -0.2) is 9.97 Å². The van der Waals surface area contributed by atoms with E-state index in [9.17, 15) is 4.79 Å². The SMILES string of the molecule is Cc1ccc(-c2csc3nc(SC(C)C(=O)O)nc(Cl)c23)cc1C. The van der Waals surface area contributed by atoms with Gasteiger partial charge >= 0.3 is 5.97 Å². The van der Waals surface area contributed by atoms with E-state index in [1.165, 1.54) is 22.5 Å². The Labute approximate surface area is 152 Å². The summed E-state index contributed by atoms with van der Waals surface area (Å²) in [4.78, 5) is 20.5. The van der Waals surface area contributed by atoms with Crippen molar-refractivity contribution in [2.45, 2.75) is 31.2 Å². The van der Waals surface area contributed by atoms with Crippen LogP contribution in [0.4, 0.5) is 0 Å². The van der Waals surface area contributed by atoms with Gasteiger partial charge in [-0.15, -0.1) is 11.3 Å². The van der Waals surface area contributed by atoms with Gasteiger partial charge in [-0.3, -0.25) is 4.79 Å². The summed E-state index contributed by atoms with van der Waals surface area (Å²) in [6, 6.07) is 6.28. The maximum atomic E-state index is 11.0. The molecule has 1 atom stereocenters. The fourth-order valence-electron chi connectivity index (χ4n) is 2.26. The number of benzene rings is 1. The molecule has 2 aromatic heterocycles. The van der Waals surface area contributed by atoms with Crippen molar-refractivity contribution in [3.8, 4) is 11.1 Å². The Balaban J connectivity index is 2.06. The molecule has 1 aromatic carbocycles. The van der Waals surface area contributed by atoms with Crippen molar-refractivity contribution in [2.24, 2.45) is 0 Å². The molecule has 0 saturated heterocycles. The molecule has 124 valence electrons. The summed E-state index contributed by atoms with van der Waals surface area (Å²) in [6.45, 7) is 5.75.